The molecule has 84 valence electrons. The minimum Gasteiger partial charge on any atom is -0.205 e. The number of rotatable bonds is 2. The third-order valence-corrected chi connectivity index (χ3v) is 2.40. The Morgan fingerprint density at radius 3 is 2.12 bits per heavy atom. The van der Waals surface area contributed by atoms with Crippen LogP contribution in [0, 0.1) is 0 Å². The van der Waals surface area contributed by atoms with Gasteiger partial charge in [0, 0.05) is 11.1 Å². The van der Waals surface area contributed by atoms with E-state index in [1.54, 1.807) is 18.2 Å². The molecule has 0 heterocycles. The molecule has 16 heavy (non-hydrogen) atoms. The van der Waals surface area contributed by atoms with Crippen molar-refractivity contribution in [2.75, 3.05) is 0 Å². The van der Waals surface area contributed by atoms with Crippen molar-refractivity contribution in [3.05, 3.63) is 47.5 Å². The van der Waals surface area contributed by atoms with Crippen LogP contribution in [-0.4, -0.2) is 0 Å². The highest BCUT2D eigenvalue weighted by Gasteiger charge is 2.16. The number of benzene rings is 2. The van der Waals surface area contributed by atoms with Crippen LogP contribution in [0.5, 0.6) is 0 Å². The first-order valence-electron chi connectivity index (χ1n) is 4.68. The van der Waals surface area contributed by atoms with Crippen molar-refractivity contribution in [1.29, 1.82) is 0 Å². The second-order valence-corrected chi connectivity index (χ2v) is 3.43. The van der Waals surface area contributed by atoms with Crippen molar-refractivity contribution in [3.63, 3.8) is 0 Å². The molecule has 2 rings (SSSR count). The van der Waals surface area contributed by atoms with Crippen molar-refractivity contribution in [1.82, 2.24) is 0 Å². The Morgan fingerprint density at radius 1 is 0.812 bits per heavy atom. The monoisotopic (exact) mass is 228 g/mol. The summed E-state index contributed by atoms with van der Waals surface area (Å²) in [5.74, 6) is 0. The molecule has 0 aliphatic heterocycles. The van der Waals surface area contributed by atoms with E-state index in [4.69, 9.17) is 0 Å². The van der Waals surface area contributed by atoms with E-state index in [0.717, 1.165) is 6.07 Å². The highest BCUT2D eigenvalue weighted by molar-refractivity contribution is 5.86. The molecule has 0 amide bonds. The van der Waals surface area contributed by atoms with Gasteiger partial charge in [0.15, 0.2) is 0 Å². The molecule has 0 aliphatic carbocycles. The molecule has 4 heteroatoms. The topological polar surface area (TPSA) is 0 Å². The van der Waals surface area contributed by atoms with Gasteiger partial charge < -0.3 is 0 Å². The lowest BCUT2D eigenvalue weighted by Gasteiger charge is -2.09. The minimum absolute atomic E-state index is 0.321. The van der Waals surface area contributed by atoms with Crippen molar-refractivity contribution < 1.29 is 17.6 Å². The van der Waals surface area contributed by atoms with Crippen LogP contribution in [0.1, 0.15) is 24.0 Å². The number of hydrogen-bond donors (Lipinski definition) is 0. The first-order valence-corrected chi connectivity index (χ1v) is 4.68. The molecule has 0 aliphatic rings. The van der Waals surface area contributed by atoms with Crippen molar-refractivity contribution in [2.24, 2.45) is 0 Å². The summed E-state index contributed by atoms with van der Waals surface area (Å²) in [5, 5.41) is 0.734. The molecule has 2 aromatic carbocycles. The molecule has 2 aromatic rings. The summed E-state index contributed by atoms with van der Waals surface area (Å²) in [6.45, 7) is 0. The summed E-state index contributed by atoms with van der Waals surface area (Å²) in [6, 6.07) is 8.41. The van der Waals surface area contributed by atoms with E-state index in [1.165, 1.54) is 12.1 Å². The molecule has 0 N–H and O–H groups in total. The third-order valence-electron chi connectivity index (χ3n) is 2.40. The summed E-state index contributed by atoms with van der Waals surface area (Å²) in [7, 11) is 0. The molecule has 0 saturated heterocycles. The Hall–Kier alpha value is -1.58. The van der Waals surface area contributed by atoms with E-state index in [9.17, 15) is 17.6 Å². The van der Waals surface area contributed by atoms with Gasteiger partial charge in [-0.25, -0.2) is 17.6 Å². The van der Waals surface area contributed by atoms with Crippen LogP contribution in [0.25, 0.3) is 10.8 Å². The van der Waals surface area contributed by atoms with E-state index < -0.39 is 12.9 Å². The summed E-state index contributed by atoms with van der Waals surface area (Å²) in [6.07, 6.45) is -5.48. The molecular weight excluding hydrogens is 220 g/mol. The van der Waals surface area contributed by atoms with E-state index in [2.05, 4.69) is 0 Å². The predicted molar refractivity (Wildman–Crippen MR) is 53.9 cm³/mol. The summed E-state index contributed by atoms with van der Waals surface area (Å²) in [4.78, 5) is 0. The second kappa shape index (κ2) is 4.12. The zero-order valence-corrected chi connectivity index (χ0v) is 8.13. The fourth-order valence-electron chi connectivity index (χ4n) is 1.67. The maximum Gasteiger partial charge on any atom is 0.264 e. The molecule has 0 nitrogen and oxygen atoms in total. The molecule has 0 unspecified atom stereocenters. The molecule has 0 aromatic heterocycles. The number of halogens is 4. The number of hydrogen-bond acceptors (Lipinski definition) is 0. The lowest BCUT2D eigenvalue weighted by atomic mass is 10.0. The van der Waals surface area contributed by atoms with Crippen molar-refractivity contribution in [2.45, 2.75) is 12.9 Å². The molecular formula is C12H8F4. The van der Waals surface area contributed by atoms with Crippen LogP contribution >= 0.6 is 0 Å². The van der Waals surface area contributed by atoms with E-state index in [1.807, 2.05) is 0 Å². The Balaban J connectivity index is 2.74. The Bertz CT molecular complexity index is 505. The van der Waals surface area contributed by atoms with Gasteiger partial charge in [-0.2, -0.15) is 0 Å². The summed E-state index contributed by atoms with van der Waals surface area (Å²) < 4.78 is 50.4. The Morgan fingerprint density at radius 2 is 1.50 bits per heavy atom. The fraction of sp³-hybridized carbons (Fsp3) is 0.167. The molecule has 0 spiro atoms. The van der Waals surface area contributed by atoms with Gasteiger partial charge in [0.2, 0.25) is 0 Å². The Labute approximate surface area is 89.5 Å². The van der Waals surface area contributed by atoms with Gasteiger partial charge in [-0.3, -0.25) is 0 Å². The maximum atomic E-state index is 12.7. The van der Waals surface area contributed by atoms with Crippen LogP contribution < -0.4 is 0 Å². The van der Waals surface area contributed by atoms with E-state index in [-0.39, 0.29) is 11.1 Å². The van der Waals surface area contributed by atoms with Crippen molar-refractivity contribution in [3.8, 4) is 0 Å². The first-order chi connectivity index (χ1) is 7.59. The molecule has 0 fully saturated rings. The van der Waals surface area contributed by atoms with Crippen LogP contribution in [0.15, 0.2) is 36.4 Å². The summed E-state index contributed by atoms with van der Waals surface area (Å²) in [5.41, 5.74) is -0.706. The molecule has 0 radical (unpaired) electrons. The molecule has 0 atom stereocenters. The zero-order chi connectivity index (χ0) is 11.7. The summed E-state index contributed by atoms with van der Waals surface area (Å²) >= 11 is 0. The van der Waals surface area contributed by atoms with E-state index >= 15 is 0 Å². The lowest BCUT2D eigenvalue weighted by Crippen LogP contribution is -1.92. The van der Waals surface area contributed by atoms with Crippen molar-refractivity contribution >= 4 is 10.8 Å². The number of alkyl halides is 4. The van der Waals surface area contributed by atoms with Crippen LogP contribution in [0.4, 0.5) is 17.6 Å². The second-order valence-electron chi connectivity index (χ2n) is 3.43. The van der Waals surface area contributed by atoms with Gasteiger partial charge >= 0.3 is 0 Å². The normalized spacial score (nSPS) is 11.6. The predicted octanol–water partition coefficient (Wildman–Crippen LogP) is 4.72. The Kier molecular flexibility index (Phi) is 2.81. The van der Waals surface area contributed by atoms with Gasteiger partial charge in [0.1, 0.15) is 0 Å². The SMILES string of the molecule is FC(F)c1cc(C(F)F)c2ccccc2c1. The van der Waals surface area contributed by atoms with Gasteiger partial charge in [-0.15, -0.1) is 0 Å². The van der Waals surface area contributed by atoms with Gasteiger partial charge in [0.05, 0.1) is 0 Å². The molecule has 0 bridgehead atoms. The highest BCUT2D eigenvalue weighted by Crippen LogP contribution is 2.32. The fourth-order valence-corrected chi connectivity index (χ4v) is 1.67. The lowest BCUT2D eigenvalue weighted by molar-refractivity contribution is 0.145. The third kappa shape index (κ3) is 1.87. The number of fused-ring (bicyclic) bond motifs is 1. The maximum absolute atomic E-state index is 12.7. The minimum atomic E-state index is -2.75. The largest absolute Gasteiger partial charge is 0.264 e. The van der Waals surface area contributed by atoms with Crippen LogP contribution in [0.2, 0.25) is 0 Å². The van der Waals surface area contributed by atoms with Crippen LogP contribution in [0.3, 0.4) is 0 Å². The van der Waals surface area contributed by atoms with E-state index in [0.29, 0.717) is 10.8 Å². The average molecular weight is 228 g/mol. The van der Waals surface area contributed by atoms with Gasteiger partial charge in [0.25, 0.3) is 12.9 Å². The first kappa shape index (κ1) is 10.9. The smallest absolute Gasteiger partial charge is 0.205 e. The quantitative estimate of drug-likeness (QED) is 0.652. The van der Waals surface area contributed by atoms with Crippen LogP contribution in [-0.2, 0) is 0 Å². The highest BCUT2D eigenvalue weighted by atomic mass is 19.3. The standard InChI is InChI=1S/C12H8F4/c13-11(14)8-5-7-3-1-2-4-9(7)10(6-8)12(15)16/h1-6,11-12H. The average Bonchev–Trinajstić information content (AvgIpc) is 2.27. The van der Waals surface area contributed by atoms with Gasteiger partial charge in [-0.05, 0) is 22.9 Å². The van der Waals surface area contributed by atoms with Gasteiger partial charge in [-0.1, -0.05) is 24.3 Å². The zero-order valence-electron chi connectivity index (χ0n) is 8.13. The molecule has 0 saturated carbocycles.